The highest BCUT2D eigenvalue weighted by atomic mass is 32.1. The smallest absolute Gasteiger partial charge is 0.389 e. The first-order valence-electron chi connectivity index (χ1n) is 9.22. The second-order valence-corrected chi connectivity index (χ2v) is 7.12. The van der Waals surface area contributed by atoms with Gasteiger partial charge in [0, 0.05) is 24.9 Å². The lowest BCUT2D eigenvalue weighted by Crippen LogP contribution is -2.39. The topological polar surface area (TPSA) is 78.8 Å². The highest BCUT2D eigenvalue weighted by Crippen LogP contribution is 2.29. The minimum absolute atomic E-state index is 0.138. The molecule has 1 aromatic heterocycles. The number of guanidine groups is 1. The number of nitrogens with zero attached hydrogens (tertiary/aromatic N) is 2. The van der Waals surface area contributed by atoms with E-state index < -0.39 is 18.0 Å². The monoisotopic (exact) mass is 430 g/mol. The zero-order chi connectivity index (χ0) is 21.1. The molecule has 29 heavy (non-hydrogen) atoms. The fourth-order valence-corrected chi connectivity index (χ4v) is 3.13. The van der Waals surface area contributed by atoms with Crippen LogP contribution < -0.4 is 10.6 Å². The van der Waals surface area contributed by atoms with Gasteiger partial charge in [-0.3, -0.25) is 4.99 Å². The SMILES string of the molecule is CCNC(=NCC(O)COCc1ccccc1)NCCc1nc(C(F)(F)F)cs1. The van der Waals surface area contributed by atoms with Gasteiger partial charge < -0.3 is 20.5 Å². The first-order valence-corrected chi connectivity index (χ1v) is 10.1. The van der Waals surface area contributed by atoms with Crippen molar-refractivity contribution in [3.05, 3.63) is 52.0 Å². The molecular weight excluding hydrogens is 405 g/mol. The van der Waals surface area contributed by atoms with Crippen molar-refractivity contribution < 1.29 is 23.0 Å². The fourth-order valence-electron chi connectivity index (χ4n) is 2.32. The Kier molecular flexibility index (Phi) is 9.36. The molecule has 0 bridgehead atoms. The molecule has 0 aliphatic heterocycles. The van der Waals surface area contributed by atoms with E-state index in [9.17, 15) is 18.3 Å². The van der Waals surface area contributed by atoms with Crippen LogP contribution in [0.5, 0.6) is 0 Å². The number of thiazole rings is 1. The van der Waals surface area contributed by atoms with Crippen LogP contribution in [0.3, 0.4) is 0 Å². The summed E-state index contributed by atoms with van der Waals surface area (Å²) in [4.78, 5) is 7.88. The normalized spacial score (nSPS) is 13.3. The maximum atomic E-state index is 12.6. The number of rotatable bonds is 10. The van der Waals surface area contributed by atoms with Gasteiger partial charge in [-0.1, -0.05) is 30.3 Å². The molecule has 3 N–H and O–H groups in total. The van der Waals surface area contributed by atoms with Gasteiger partial charge in [-0.05, 0) is 12.5 Å². The Morgan fingerprint density at radius 1 is 1.28 bits per heavy atom. The summed E-state index contributed by atoms with van der Waals surface area (Å²) in [5.74, 6) is 0.474. The van der Waals surface area contributed by atoms with Crippen molar-refractivity contribution in [2.75, 3.05) is 26.2 Å². The molecule has 0 aliphatic rings. The van der Waals surface area contributed by atoms with Gasteiger partial charge >= 0.3 is 6.18 Å². The molecule has 0 fully saturated rings. The molecule has 160 valence electrons. The molecule has 0 saturated carbocycles. The van der Waals surface area contributed by atoms with Crippen molar-refractivity contribution >= 4 is 17.3 Å². The van der Waals surface area contributed by atoms with Crippen molar-refractivity contribution in [1.82, 2.24) is 15.6 Å². The number of ether oxygens (including phenoxy) is 1. The Balaban J connectivity index is 1.73. The Labute approximate surface area is 171 Å². The third kappa shape index (κ3) is 8.80. The maximum absolute atomic E-state index is 12.6. The average molecular weight is 430 g/mol. The van der Waals surface area contributed by atoms with Crippen LogP contribution in [0.2, 0.25) is 0 Å². The van der Waals surface area contributed by atoms with E-state index in [0.717, 1.165) is 22.3 Å². The van der Waals surface area contributed by atoms with E-state index in [-0.39, 0.29) is 13.2 Å². The van der Waals surface area contributed by atoms with Crippen LogP contribution in [0.1, 0.15) is 23.2 Å². The summed E-state index contributed by atoms with van der Waals surface area (Å²) in [5, 5.41) is 17.5. The highest BCUT2D eigenvalue weighted by molar-refractivity contribution is 7.09. The first-order chi connectivity index (χ1) is 13.9. The summed E-state index contributed by atoms with van der Waals surface area (Å²) in [6, 6.07) is 9.65. The van der Waals surface area contributed by atoms with Crippen LogP contribution in [-0.2, 0) is 23.9 Å². The van der Waals surface area contributed by atoms with Gasteiger partial charge in [0.05, 0.1) is 30.9 Å². The van der Waals surface area contributed by atoms with Crippen LogP contribution >= 0.6 is 11.3 Å². The minimum atomic E-state index is -4.42. The summed E-state index contributed by atoms with van der Waals surface area (Å²) in [6.07, 6.45) is -4.84. The Bertz CT molecular complexity index is 753. The van der Waals surface area contributed by atoms with Gasteiger partial charge in [-0.15, -0.1) is 11.3 Å². The molecular formula is C19H25F3N4O2S. The molecule has 10 heteroatoms. The Hall–Kier alpha value is -2.17. The van der Waals surface area contributed by atoms with E-state index in [1.807, 2.05) is 37.3 Å². The number of benzene rings is 1. The van der Waals surface area contributed by atoms with Crippen molar-refractivity contribution in [2.45, 2.75) is 32.2 Å². The molecule has 1 unspecified atom stereocenters. The van der Waals surface area contributed by atoms with Crippen LogP contribution in [0.4, 0.5) is 13.2 Å². The fraction of sp³-hybridized carbons (Fsp3) is 0.474. The summed E-state index contributed by atoms with van der Waals surface area (Å²) in [6.45, 7) is 3.58. The van der Waals surface area contributed by atoms with Crippen LogP contribution in [-0.4, -0.2) is 48.4 Å². The summed E-state index contributed by atoms with van der Waals surface area (Å²) >= 11 is 0.979. The van der Waals surface area contributed by atoms with E-state index in [1.165, 1.54) is 0 Å². The number of aliphatic imine (C=N–C) groups is 1. The number of halogens is 3. The first kappa shape index (κ1) is 23.1. The quantitative estimate of drug-likeness (QED) is 0.399. The second kappa shape index (κ2) is 11.7. The predicted octanol–water partition coefficient (Wildman–Crippen LogP) is 2.84. The maximum Gasteiger partial charge on any atom is 0.434 e. The molecule has 0 spiro atoms. The van der Waals surface area contributed by atoms with Gasteiger partial charge in [-0.2, -0.15) is 13.2 Å². The summed E-state index contributed by atoms with van der Waals surface area (Å²) in [7, 11) is 0. The molecule has 1 heterocycles. The van der Waals surface area contributed by atoms with Gasteiger partial charge in [0.2, 0.25) is 0 Å². The Morgan fingerprint density at radius 3 is 2.69 bits per heavy atom. The van der Waals surface area contributed by atoms with E-state index in [0.29, 0.717) is 37.1 Å². The summed E-state index contributed by atoms with van der Waals surface area (Å²) in [5.41, 5.74) is 0.158. The summed E-state index contributed by atoms with van der Waals surface area (Å²) < 4.78 is 43.2. The number of alkyl halides is 3. The molecule has 0 saturated heterocycles. The van der Waals surface area contributed by atoms with Crippen molar-refractivity contribution in [3.63, 3.8) is 0 Å². The lowest BCUT2D eigenvalue weighted by atomic mass is 10.2. The number of nitrogens with one attached hydrogen (secondary N) is 2. The minimum Gasteiger partial charge on any atom is -0.389 e. The zero-order valence-electron chi connectivity index (χ0n) is 16.1. The number of aromatic nitrogens is 1. The van der Waals surface area contributed by atoms with Crippen molar-refractivity contribution in [3.8, 4) is 0 Å². The molecule has 0 aliphatic carbocycles. The van der Waals surface area contributed by atoms with Crippen LogP contribution in [0.25, 0.3) is 0 Å². The number of hydrogen-bond donors (Lipinski definition) is 3. The molecule has 2 rings (SSSR count). The molecule has 2 aromatic rings. The van der Waals surface area contributed by atoms with Crippen LogP contribution in [0.15, 0.2) is 40.7 Å². The molecule has 0 radical (unpaired) electrons. The molecule has 1 aromatic carbocycles. The predicted molar refractivity (Wildman–Crippen MR) is 107 cm³/mol. The number of aliphatic hydroxyl groups is 1. The van der Waals surface area contributed by atoms with Gasteiger partial charge in [-0.25, -0.2) is 4.98 Å². The van der Waals surface area contributed by atoms with Crippen LogP contribution in [0, 0.1) is 0 Å². The lowest BCUT2D eigenvalue weighted by molar-refractivity contribution is -0.140. The zero-order valence-corrected chi connectivity index (χ0v) is 16.9. The van der Waals surface area contributed by atoms with Crippen molar-refractivity contribution in [1.29, 1.82) is 0 Å². The highest BCUT2D eigenvalue weighted by Gasteiger charge is 2.33. The molecule has 1 atom stereocenters. The van der Waals surface area contributed by atoms with Gasteiger partial charge in [0.15, 0.2) is 11.7 Å². The van der Waals surface area contributed by atoms with Gasteiger partial charge in [0.25, 0.3) is 0 Å². The third-order valence-electron chi connectivity index (χ3n) is 3.70. The average Bonchev–Trinajstić information content (AvgIpc) is 3.16. The third-order valence-corrected chi connectivity index (χ3v) is 4.61. The van der Waals surface area contributed by atoms with Crippen molar-refractivity contribution in [2.24, 2.45) is 4.99 Å². The number of hydrogen-bond acceptors (Lipinski definition) is 5. The van der Waals surface area contributed by atoms with E-state index >= 15 is 0 Å². The van der Waals surface area contributed by atoms with E-state index in [4.69, 9.17) is 4.74 Å². The second-order valence-electron chi connectivity index (χ2n) is 6.18. The Morgan fingerprint density at radius 2 is 2.03 bits per heavy atom. The molecule has 6 nitrogen and oxygen atoms in total. The molecule has 0 amide bonds. The largest absolute Gasteiger partial charge is 0.434 e. The van der Waals surface area contributed by atoms with E-state index in [1.54, 1.807) is 0 Å². The van der Waals surface area contributed by atoms with Gasteiger partial charge in [0.1, 0.15) is 0 Å². The number of aliphatic hydroxyl groups excluding tert-OH is 1. The van der Waals surface area contributed by atoms with E-state index in [2.05, 4.69) is 20.6 Å². The lowest BCUT2D eigenvalue weighted by Gasteiger charge is -2.13. The standard InChI is InChI=1S/C19H25F3N4O2S/c1-2-23-18(24-9-8-17-26-16(13-29-17)19(20,21)22)25-10-15(27)12-28-11-14-6-4-3-5-7-14/h3-7,13,15,27H,2,8-12H2,1H3,(H2,23,24,25).